The standard InChI is InChI=1S/C22H26FN3O.2ClH/c23-16-5-6-20-18(11-16)19(12-21(25-20)15-3-4-15)22(27)26-9-7-17(8-10-26)24-13-14-1-2-14;;/h5-6,11-12,14-15,17,24H,1-4,7-10,13H2;2*1H. The quantitative estimate of drug-likeness (QED) is 0.733. The van der Waals surface area contributed by atoms with Crippen molar-refractivity contribution in [3.8, 4) is 0 Å². The largest absolute Gasteiger partial charge is 0.339 e. The van der Waals surface area contributed by atoms with E-state index in [1.807, 2.05) is 11.0 Å². The molecule has 1 N–H and O–H groups in total. The summed E-state index contributed by atoms with van der Waals surface area (Å²) >= 11 is 0. The predicted molar refractivity (Wildman–Crippen MR) is 118 cm³/mol. The van der Waals surface area contributed by atoms with Crippen LogP contribution in [-0.4, -0.2) is 41.5 Å². The molecule has 2 aliphatic carbocycles. The van der Waals surface area contributed by atoms with Crippen molar-refractivity contribution in [2.24, 2.45) is 5.92 Å². The number of pyridine rings is 1. The highest BCUT2D eigenvalue weighted by Gasteiger charge is 2.30. The number of aromatic nitrogens is 1. The first-order valence-corrected chi connectivity index (χ1v) is 10.3. The van der Waals surface area contributed by atoms with E-state index in [9.17, 15) is 9.18 Å². The van der Waals surface area contributed by atoms with Crippen LogP contribution in [-0.2, 0) is 0 Å². The van der Waals surface area contributed by atoms with E-state index in [1.54, 1.807) is 6.07 Å². The lowest BCUT2D eigenvalue weighted by Gasteiger charge is -2.33. The Hall–Kier alpha value is -1.43. The van der Waals surface area contributed by atoms with E-state index in [2.05, 4.69) is 10.3 Å². The Bertz CT molecular complexity index is 878. The molecule has 1 aliphatic heterocycles. The number of halogens is 3. The van der Waals surface area contributed by atoms with Crippen LogP contribution in [0.5, 0.6) is 0 Å². The molecular formula is C22H28Cl2FN3O. The molecule has 0 radical (unpaired) electrons. The number of amides is 1. The van der Waals surface area contributed by atoms with Gasteiger partial charge in [0.2, 0.25) is 0 Å². The van der Waals surface area contributed by atoms with Crippen LogP contribution in [0.1, 0.15) is 60.5 Å². The molecule has 1 saturated heterocycles. The van der Waals surface area contributed by atoms with Crippen LogP contribution >= 0.6 is 24.8 Å². The molecule has 2 heterocycles. The Morgan fingerprint density at radius 2 is 1.79 bits per heavy atom. The van der Waals surface area contributed by atoms with Gasteiger partial charge in [-0.1, -0.05) is 0 Å². The van der Waals surface area contributed by atoms with Crippen molar-refractivity contribution in [2.45, 2.75) is 50.5 Å². The van der Waals surface area contributed by atoms with Gasteiger partial charge in [-0.2, -0.15) is 0 Å². The number of hydrogen-bond donors (Lipinski definition) is 1. The zero-order chi connectivity index (χ0) is 18.4. The molecule has 1 amide bonds. The van der Waals surface area contributed by atoms with E-state index < -0.39 is 0 Å². The molecule has 0 unspecified atom stereocenters. The lowest BCUT2D eigenvalue weighted by atomic mass is 10.0. The molecular weight excluding hydrogens is 412 g/mol. The molecule has 29 heavy (non-hydrogen) atoms. The van der Waals surface area contributed by atoms with Crippen LogP contribution in [0.25, 0.3) is 10.9 Å². The molecule has 5 rings (SSSR count). The Morgan fingerprint density at radius 1 is 1.07 bits per heavy atom. The second-order valence-electron chi connectivity index (χ2n) is 8.45. The van der Waals surface area contributed by atoms with Crippen molar-refractivity contribution in [1.29, 1.82) is 0 Å². The number of carbonyl (C=O) groups excluding carboxylic acids is 1. The van der Waals surface area contributed by atoms with Crippen molar-refractivity contribution < 1.29 is 9.18 Å². The van der Waals surface area contributed by atoms with E-state index in [-0.39, 0.29) is 36.5 Å². The SMILES string of the molecule is Cl.Cl.O=C(c1cc(C2CC2)nc2ccc(F)cc12)N1CCC(NCC2CC2)CC1. The first-order valence-electron chi connectivity index (χ1n) is 10.3. The average Bonchev–Trinajstić information content (AvgIpc) is 3.59. The summed E-state index contributed by atoms with van der Waals surface area (Å²) in [4.78, 5) is 19.9. The van der Waals surface area contributed by atoms with Gasteiger partial charge < -0.3 is 10.2 Å². The van der Waals surface area contributed by atoms with E-state index in [0.29, 0.717) is 22.9 Å². The molecule has 4 nitrogen and oxygen atoms in total. The van der Waals surface area contributed by atoms with Crippen molar-refractivity contribution in [2.75, 3.05) is 19.6 Å². The van der Waals surface area contributed by atoms with Crippen LogP contribution in [0.3, 0.4) is 0 Å². The molecule has 1 aromatic carbocycles. The second kappa shape index (κ2) is 9.15. The van der Waals surface area contributed by atoms with E-state index in [4.69, 9.17) is 0 Å². The fraction of sp³-hybridized carbons (Fsp3) is 0.545. The number of nitrogens with one attached hydrogen (secondary N) is 1. The van der Waals surface area contributed by atoms with Gasteiger partial charge >= 0.3 is 0 Å². The minimum absolute atomic E-state index is 0. The minimum Gasteiger partial charge on any atom is -0.339 e. The van der Waals surface area contributed by atoms with Crippen molar-refractivity contribution in [3.05, 3.63) is 41.3 Å². The summed E-state index contributed by atoms with van der Waals surface area (Å²) in [6, 6.07) is 7.01. The highest BCUT2D eigenvalue weighted by Crippen LogP contribution is 2.40. The predicted octanol–water partition coefficient (Wildman–Crippen LogP) is 4.70. The Balaban J connectivity index is 0.00000120. The third kappa shape index (κ3) is 5.01. The molecule has 0 spiro atoms. The van der Waals surface area contributed by atoms with Crippen LogP contribution in [0.15, 0.2) is 24.3 Å². The van der Waals surface area contributed by atoms with E-state index >= 15 is 0 Å². The topological polar surface area (TPSA) is 45.2 Å². The summed E-state index contributed by atoms with van der Waals surface area (Å²) in [7, 11) is 0. The Labute approximate surface area is 183 Å². The molecule has 2 aromatic rings. The van der Waals surface area contributed by atoms with E-state index in [1.165, 1.54) is 25.0 Å². The number of rotatable bonds is 5. The van der Waals surface area contributed by atoms with Gasteiger partial charge in [0, 0.05) is 36.1 Å². The van der Waals surface area contributed by atoms with Crippen LogP contribution in [0.4, 0.5) is 4.39 Å². The highest BCUT2D eigenvalue weighted by molar-refractivity contribution is 6.06. The third-order valence-electron chi connectivity index (χ3n) is 6.19. The number of nitrogens with zero attached hydrogens (tertiary/aromatic N) is 2. The number of fused-ring (bicyclic) bond motifs is 1. The highest BCUT2D eigenvalue weighted by atomic mass is 35.5. The average molecular weight is 440 g/mol. The maximum Gasteiger partial charge on any atom is 0.254 e. The van der Waals surface area contributed by atoms with Gasteiger partial charge in [-0.15, -0.1) is 24.8 Å². The molecule has 3 fully saturated rings. The van der Waals surface area contributed by atoms with Gasteiger partial charge in [0.25, 0.3) is 5.91 Å². The van der Waals surface area contributed by atoms with Gasteiger partial charge in [0.05, 0.1) is 11.1 Å². The molecule has 7 heteroatoms. The molecule has 158 valence electrons. The molecule has 3 aliphatic rings. The van der Waals surface area contributed by atoms with Gasteiger partial charge in [-0.05, 0) is 75.3 Å². The fourth-order valence-corrected chi connectivity index (χ4v) is 4.10. The zero-order valence-electron chi connectivity index (χ0n) is 16.4. The van der Waals surface area contributed by atoms with Gasteiger partial charge in [0.15, 0.2) is 0 Å². The summed E-state index contributed by atoms with van der Waals surface area (Å²) < 4.78 is 13.8. The maximum atomic E-state index is 13.8. The molecule has 0 atom stereocenters. The number of likely N-dealkylation sites (tertiary alicyclic amines) is 1. The first-order chi connectivity index (χ1) is 13.2. The number of hydrogen-bond acceptors (Lipinski definition) is 3. The Morgan fingerprint density at radius 3 is 2.45 bits per heavy atom. The maximum absolute atomic E-state index is 13.8. The lowest BCUT2D eigenvalue weighted by Crippen LogP contribution is -2.45. The minimum atomic E-state index is -0.319. The third-order valence-corrected chi connectivity index (χ3v) is 6.19. The van der Waals surface area contributed by atoms with Crippen molar-refractivity contribution in [3.63, 3.8) is 0 Å². The van der Waals surface area contributed by atoms with Gasteiger partial charge in [-0.3, -0.25) is 9.78 Å². The number of carbonyl (C=O) groups is 1. The monoisotopic (exact) mass is 439 g/mol. The van der Waals surface area contributed by atoms with Gasteiger partial charge in [0.1, 0.15) is 5.82 Å². The van der Waals surface area contributed by atoms with Crippen LogP contribution < -0.4 is 5.32 Å². The van der Waals surface area contributed by atoms with Crippen molar-refractivity contribution in [1.82, 2.24) is 15.2 Å². The summed E-state index contributed by atoms with van der Waals surface area (Å²) in [6.45, 7) is 2.65. The van der Waals surface area contributed by atoms with Crippen molar-refractivity contribution >= 4 is 41.6 Å². The first kappa shape index (κ1) is 22.3. The lowest BCUT2D eigenvalue weighted by molar-refractivity contribution is 0.0707. The molecule has 1 aromatic heterocycles. The van der Waals surface area contributed by atoms with Crippen LogP contribution in [0.2, 0.25) is 0 Å². The summed E-state index contributed by atoms with van der Waals surface area (Å²) in [5.41, 5.74) is 2.33. The smallest absolute Gasteiger partial charge is 0.254 e. The summed E-state index contributed by atoms with van der Waals surface area (Å²) in [5, 5.41) is 4.29. The molecule has 0 bridgehead atoms. The number of benzene rings is 1. The second-order valence-corrected chi connectivity index (χ2v) is 8.45. The summed E-state index contributed by atoms with van der Waals surface area (Å²) in [5.74, 6) is 1.04. The summed E-state index contributed by atoms with van der Waals surface area (Å²) in [6.07, 6.45) is 6.96. The van der Waals surface area contributed by atoms with Gasteiger partial charge in [-0.25, -0.2) is 4.39 Å². The Kier molecular flexibility index (Phi) is 7.02. The zero-order valence-corrected chi connectivity index (χ0v) is 18.0. The van der Waals surface area contributed by atoms with Crippen LogP contribution in [0, 0.1) is 11.7 Å². The normalized spacial score (nSPS) is 19.6. The van der Waals surface area contributed by atoms with E-state index in [0.717, 1.165) is 62.4 Å². The molecule has 2 saturated carbocycles. The number of piperidine rings is 1. The fourth-order valence-electron chi connectivity index (χ4n) is 4.10.